The number of carbonyl (C=O) groups is 1. The van der Waals surface area contributed by atoms with Crippen molar-refractivity contribution in [1.82, 2.24) is 9.97 Å². The van der Waals surface area contributed by atoms with Gasteiger partial charge in [0.1, 0.15) is 16.9 Å². The molecule has 3 rings (SSSR count). The number of thioether (sulfide) groups is 1. The molecule has 2 atom stereocenters. The van der Waals surface area contributed by atoms with Crippen molar-refractivity contribution in [2.75, 3.05) is 5.32 Å². The monoisotopic (exact) mass is 408 g/mol. The second kappa shape index (κ2) is 8.54. The fourth-order valence-corrected chi connectivity index (χ4v) is 4.44. The number of carbonyl (C=O) groups excluding carboxylic acids is 1. The molecule has 2 aromatic heterocycles. The molecule has 5 nitrogen and oxygen atoms in total. The Morgan fingerprint density at radius 1 is 1.38 bits per heavy atom. The van der Waals surface area contributed by atoms with Crippen LogP contribution in [0.3, 0.4) is 0 Å². The lowest BCUT2D eigenvalue weighted by atomic mass is 9.71. The Morgan fingerprint density at radius 3 is 2.76 bits per heavy atom. The van der Waals surface area contributed by atoms with Gasteiger partial charge >= 0.3 is 0 Å². The minimum Gasteiger partial charge on any atom is -0.310 e. The highest BCUT2D eigenvalue weighted by Gasteiger charge is 2.30. The van der Waals surface area contributed by atoms with E-state index in [0.717, 1.165) is 30.5 Å². The second-order valence-electron chi connectivity index (χ2n) is 8.83. The minimum absolute atomic E-state index is 0.150. The standard InChI is InChI=1S/C23H28N4OS/c1-14-6-9-20(25-13-14)27-21(28)15(2)29-22-17(12-24)10-16-11-18(23(3,4)5)7-8-19(16)26-22/h6,9-10,13,15,18H,7-8,11H2,1-5H3,(H,25,27,28). The summed E-state index contributed by atoms with van der Waals surface area (Å²) in [5.41, 5.74) is 4.08. The van der Waals surface area contributed by atoms with Crippen LogP contribution in [-0.4, -0.2) is 21.1 Å². The van der Waals surface area contributed by atoms with Crippen molar-refractivity contribution in [3.05, 3.63) is 46.8 Å². The predicted molar refractivity (Wildman–Crippen MR) is 117 cm³/mol. The highest BCUT2D eigenvalue weighted by molar-refractivity contribution is 8.00. The molecule has 2 heterocycles. The first-order valence-electron chi connectivity index (χ1n) is 10.0. The van der Waals surface area contributed by atoms with Gasteiger partial charge in [-0.15, -0.1) is 0 Å². The zero-order chi connectivity index (χ0) is 21.2. The molecular formula is C23H28N4OS. The van der Waals surface area contributed by atoms with Crippen molar-refractivity contribution < 1.29 is 4.79 Å². The van der Waals surface area contributed by atoms with Crippen molar-refractivity contribution in [2.45, 2.75) is 64.2 Å². The number of anilines is 1. The summed E-state index contributed by atoms with van der Waals surface area (Å²) in [6.45, 7) is 10.6. The maximum Gasteiger partial charge on any atom is 0.238 e. The van der Waals surface area contributed by atoms with Crippen LogP contribution in [0.2, 0.25) is 0 Å². The molecule has 0 saturated carbocycles. The largest absolute Gasteiger partial charge is 0.310 e. The zero-order valence-corrected chi connectivity index (χ0v) is 18.6. The average Bonchev–Trinajstić information content (AvgIpc) is 2.68. The van der Waals surface area contributed by atoms with Crippen LogP contribution in [0.4, 0.5) is 5.82 Å². The lowest BCUT2D eigenvalue weighted by molar-refractivity contribution is -0.115. The van der Waals surface area contributed by atoms with Crippen LogP contribution in [0.5, 0.6) is 0 Å². The van der Waals surface area contributed by atoms with Gasteiger partial charge in [0.2, 0.25) is 5.91 Å². The lowest BCUT2D eigenvalue weighted by Crippen LogP contribution is -2.28. The molecule has 1 N–H and O–H groups in total. The van der Waals surface area contributed by atoms with Crippen LogP contribution in [0.1, 0.15) is 56.5 Å². The summed E-state index contributed by atoms with van der Waals surface area (Å²) in [5, 5.41) is 12.7. The van der Waals surface area contributed by atoms with Gasteiger partial charge in [0, 0.05) is 11.9 Å². The van der Waals surface area contributed by atoms with Crippen LogP contribution in [-0.2, 0) is 17.6 Å². The SMILES string of the molecule is Cc1ccc(NC(=O)C(C)Sc2nc3c(cc2C#N)CC(C(C)(C)C)CC3)nc1. The Morgan fingerprint density at radius 2 is 2.14 bits per heavy atom. The van der Waals surface area contributed by atoms with Crippen molar-refractivity contribution >= 4 is 23.5 Å². The third kappa shape index (κ3) is 5.16. The summed E-state index contributed by atoms with van der Waals surface area (Å²) in [5.74, 6) is 0.969. The van der Waals surface area contributed by atoms with E-state index in [1.54, 1.807) is 12.3 Å². The number of hydrogen-bond donors (Lipinski definition) is 1. The Kier molecular flexibility index (Phi) is 6.28. The molecular weight excluding hydrogens is 380 g/mol. The molecule has 0 saturated heterocycles. The average molecular weight is 409 g/mol. The summed E-state index contributed by atoms with van der Waals surface area (Å²) < 4.78 is 0. The summed E-state index contributed by atoms with van der Waals surface area (Å²) in [7, 11) is 0. The Hall–Kier alpha value is -2.39. The molecule has 29 heavy (non-hydrogen) atoms. The Balaban J connectivity index is 1.74. The summed E-state index contributed by atoms with van der Waals surface area (Å²) in [6, 6.07) is 7.95. The Bertz CT molecular complexity index is 941. The normalized spacial score (nSPS) is 17.2. The molecule has 0 radical (unpaired) electrons. The molecule has 0 aliphatic heterocycles. The fourth-order valence-electron chi connectivity index (χ4n) is 3.55. The van der Waals surface area contributed by atoms with E-state index in [-0.39, 0.29) is 16.6 Å². The second-order valence-corrected chi connectivity index (χ2v) is 10.2. The van der Waals surface area contributed by atoms with E-state index in [4.69, 9.17) is 4.98 Å². The van der Waals surface area contributed by atoms with Gasteiger partial charge in [-0.05, 0) is 67.7 Å². The summed E-state index contributed by atoms with van der Waals surface area (Å²) >= 11 is 1.33. The fraction of sp³-hybridized carbons (Fsp3) is 0.478. The van der Waals surface area contributed by atoms with E-state index in [9.17, 15) is 10.1 Å². The quantitative estimate of drug-likeness (QED) is 0.726. The highest BCUT2D eigenvalue weighted by atomic mass is 32.2. The molecule has 0 spiro atoms. The number of rotatable bonds is 4. The Labute approximate surface area is 177 Å². The molecule has 0 bridgehead atoms. The van der Waals surface area contributed by atoms with Gasteiger partial charge in [0.25, 0.3) is 0 Å². The molecule has 0 aromatic carbocycles. The van der Waals surface area contributed by atoms with E-state index in [2.05, 4.69) is 37.1 Å². The van der Waals surface area contributed by atoms with E-state index < -0.39 is 0 Å². The van der Waals surface area contributed by atoms with Gasteiger partial charge in [-0.3, -0.25) is 4.79 Å². The number of nitrogens with one attached hydrogen (secondary N) is 1. The highest BCUT2D eigenvalue weighted by Crippen LogP contribution is 2.38. The lowest BCUT2D eigenvalue weighted by Gasteiger charge is -2.34. The molecule has 152 valence electrons. The number of amides is 1. The number of nitrogens with zero attached hydrogens (tertiary/aromatic N) is 3. The molecule has 2 unspecified atom stereocenters. The van der Waals surface area contributed by atoms with Crippen LogP contribution >= 0.6 is 11.8 Å². The molecule has 1 aliphatic rings. The number of fused-ring (bicyclic) bond motifs is 1. The summed E-state index contributed by atoms with van der Waals surface area (Å²) in [6.07, 6.45) is 4.71. The number of nitriles is 1. The summed E-state index contributed by atoms with van der Waals surface area (Å²) in [4.78, 5) is 21.6. The first-order valence-corrected chi connectivity index (χ1v) is 10.9. The van der Waals surface area contributed by atoms with Gasteiger partial charge in [-0.25, -0.2) is 9.97 Å². The van der Waals surface area contributed by atoms with Crippen LogP contribution in [0.25, 0.3) is 0 Å². The van der Waals surface area contributed by atoms with E-state index in [0.29, 0.717) is 22.3 Å². The number of aryl methyl sites for hydroxylation is 2. The van der Waals surface area contributed by atoms with Crippen LogP contribution in [0.15, 0.2) is 29.4 Å². The van der Waals surface area contributed by atoms with Crippen LogP contribution < -0.4 is 5.32 Å². The van der Waals surface area contributed by atoms with Gasteiger partial charge in [-0.1, -0.05) is 38.6 Å². The maximum atomic E-state index is 12.6. The number of aromatic nitrogens is 2. The van der Waals surface area contributed by atoms with E-state index >= 15 is 0 Å². The molecule has 1 amide bonds. The minimum atomic E-state index is -0.387. The first-order chi connectivity index (χ1) is 13.7. The smallest absolute Gasteiger partial charge is 0.238 e. The van der Waals surface area contributed by atoms with Crippen molar-refractivity contribution in [3.8, 4) is 6.07 Å². The van der Waals surface area contributed by atoms with Crippen LogP contribution in [0, 0.1) is 29.6 Å². The van der Waals surface area contributed by atoms with Gasteiger partial charge in [0.05, 0.1) is 10.8 Å². The first kappa shape index (κ1) is 21.3. The predicted octanol–water partition coefficient (Wildman–Crippen LogP) is 4.93. The maximum absolute atomic E-state index is 12.6. The van der Waals surface area contributed by atoms with Crippen molar-refractivity contribution in [1.29, 1.82) is 5.26 Å². The van der Waals surface area contributed by atoms with Crippen molar-refractivity contribution in [3.63, 3.8) is 0 Å². The zero-order valence-electron chi connectivity index (χ0n) is 17.7. The van der Waals surface area contributed by atoms with Crippen molar-refractivity contribution in [2.24, 2.45) is 11.3 Å². The molecule has 6 heteroatoms. The van der Waals surface area contributed by atoms with E-state index in [1.807, 2.05) is 26.0 Å². The van der Waals surface area contributed by atoms with E-state index in [1.165, 1.54) is 17.3 Å². The third-order valence-electron chi connectivity index (χ3n) is 5.52. The molecule has 0 fully saturated rings. The third-order valence-corrected chi connectivity index (χ3v) is 6.62. The van der Waals surface area contributed by atoms with Gasteiger partial charge in [0.15, 0.2) is 0 Å². The van der Waals surface area contributed by atoms with Gasteiger partial charge in [-0.2, -0.15) is 5.26 Å². The number of hydrogen-bond acceptors (Lipinski definition) is 5. The molecule has 1 aliphatic carbocycles. The van der Waals surface area contributed by atoms with Gasteiger partial charge < -0.3 is 5.32 Å². The topological polar surface area (TPSA) is 78.7 Å². The number of pyridine rings is 2. The molecule has 2 aromatic rings.